The third-order valence-electron chi connectivity index (χ3n) is 2.11. The third-order valence-corrected chi connectivity index (χ3v) is 4.87. The van der Waals surface area contributed by atoms with E-state index in [1.165, 1.54) is 0 Å². The molecule has 0 unspecified atom stereocenters. The van der Waals surface area contributed by atoms with Gasteiger partial charge in [-0.2, -0.15) is 0 Å². The fourth-order valence-electron chi connectivity index (χ4n) is 1.49. The number of carbonyl (C=O) groups is 1. The lowest BCUT2D eigenvalue weighted by molar-refractivity contribution is -0.135. The molecule has 0 saturated heterocycles. The number of aliphatic carboxylic acids is 1. The number of hydrogen-bond acceptors (Lipinski definition) is 2. The molecule has 0 aromatic rings. The number of carboxylic acids is 1. The molecule has 0 aromatic heterocycles. The van der Waals surface area contributed by atoms with Crippen LogP contribution in [0.25, 0.3) is 0 Å². The smallest absolute Gasteiger partial charge is 0.369 e. The number of rotatable bonds is 6. The van der Waals surface area contributed by atoms with Crippen LogP contribution in [0.5, 0.6) is 0 Å². The Bertz CT molecular complexity index is 277. The van der Waals surface area contributed by atoms with Crippen LogP contribution < -0.4 is 0 Å². The second-order valence-electron chi connectivity index (χ2n) is 5.28. The van der Waals surface area contributed by atoms with Crippen LogP contribution in [-0.4, -0.2) is 28.2 Å². The van der Waals surface area contributed by atoms with Gasteiger partial charge >= 0.3 is 5.97 Å². The van der Waals surface area contributed by atoms with Crippen molar-refractivity contribution in [3.63, 3.8) is 0 Å². The molecule has 0 amide bonds. The van der Waals surface area contributed by atoms with Gasteiger partial charge in [-0.15, -0.1) is 0 Å². The minimum atomic E-state index is -1.84. The first kappa shape index (κ1) is 15.4. The van der Waals surface area contributed by atoms with E-state index in [9.17, 15) is 9.90 Å². The molecule has 94 valence electrons. The van der Waals surface area contributed by atoms with Crippen molar-refractivity contribution >= 4 is 23.1 Å². The minimum Gasteiger partial charge on any atom is -0.540 e. The van der Waals surface area contributed by atoms with E-state index in [2.05, 4.69) is 20.0 Å². The monoisotopic (exact) mass is 260 g/mol. The van der Waals surface area contributed by atoms with Crippen molar-refractivity contribution in [2.75, 3.05) is 0 Å². The zero-order chi connectivity index (χ0) is 12.9. The summed E-state index contributed by atoms with van der Waals surface area (Å²) in [6.07, 6.45) is 1.84. The van der Waals surface area contributed by atoms with Gasteiger partial charge in [-0.05, 0) is 31.3 Å². The van der Waals surface area contributed by atoms with Crippen LogP contribution in [0.4, 0.5) is 0 Å². The Hall–Kier alpha value is -0.556. The van der Waals surface area contributed by atoms with Crippen LogP contribution in [0.2, 0.25) is 32.7 Å². The van der Waals surface area contributed by atoms with E-state index in [4.69, 9.17) is 4.43 Å². The zero-order valence-corrected chi connectivity index (χ0v) is 13.4. The summed E-state index contributed by atoms with van der Waals surface area (Å²) in [7, 11) is -2.95. The standard InChI is InChI=1S/C11H24O3Si2/c1-7-8-9(15(2)3)10(11(12)13)14-16(4,5)6/h15H,7-8H2,1-6H3,(H,12,13)/b10-9+. The van der Waals surface area contributed by atoms with Crippen LogP contribution in [-0.2, 0) is 9.22 Å². The Morgan fingerprint density at radius 3 is 2.06 bits per heavy atom. The first-order chi connectivity index (χ1) is 7.19. The van der Waals surface area contributed by atoms with Crippen molar-refractivity contribution in [2.45, 2.75) is 52.5 Å². The molecule has 0 aromatic carbocycles. The van der Waals surface area contributed by atoms with Crippen molar-refractivity contribution in [1.29, 1.82) is 0 Å². The first-order valence-electron chi connectivity index (χ1n) is 5.84. The molecule has 0 rings (SSSR count). The second-order valence-corrected chi connectivity index (χ2v) is 12.7. The van der Waals surface area contributed by atoms with Crippen molar-refractivity contribution in [3.05, 3.63) is 11.0 Å². The number of carboxylic acid groups (broad SMARTS) is 1. The molecule has 16 heavy (non-hydrogen) atoms. The average molecular weight is 260 g/mol. The van der Waals surface area contributed by atoms with Crippen LogP contribution in [0.15, 0.2) is 11.0 Å². The summed E-state index contributed by atoms with van der Waals surface area (Å²) in [5.74, 6) is -0.644. The Labute approximate surface area is 101 Å². The van der Waals surface area contributed by atoms with E-state index in [-0.39, 0.29) is 5.76 Å². The van der Waals surface area contributed by atoms with Gasteiger partial charge < -0.3 is 9.53 Å². The predicted molar refractivity (Wildman–Crippen MR) is 72.9 cm³/mol. The maximum absolute atomic E-state index is 11.3. The summed E-state index contributed by atoms with van der Waals surface area (Å²) in [5.41, 5.74) is 0. The molecule has 0 aliphatic heterocycles. The Kier molecular flexibility index (Phi) is 6.03. The highest BCUT2D eigenvalue weighted by Gasteiger charge is 2.25. The molecular weight excluding hydrogens is 236 g/mol. The van der Waals surface area contributed by atoms with Crippen LogP contribution in [0.3, 0.4) is 0 Å². The van der Waals surface area contributed by atoms with E-state index < -0.39 is 23.1 Å². The lowest BCUT2D eigenvalue weighted by Crippen LogP contribution is -2.29. The summed E-state index contributed by atoms with van der Waals surface area (Å²) < 4.78 is 5.73. The highest BCUT2D eigenvalue weighted by molar-refractivity contribution is 6.70. The highest BCUT2D eigenvalue weighted by atomic mass is 28.4. The van der Waals surface area contributed by atoms with Crippen molar-refractivity contribution < 1.29 is 14.3 Å². The molecule has 0 heterocycles. The third kappa shape index (κ3) is 5.51. The lowest BCUT2D eigenvalue weighted by Gasteiger charge is -2.23. The second kappa shape index (κ2) is 6.25. The van der Waals surface area contributed by atoms with Gasteiger partial charge in [0.2, 0.25) is 8.32 Å². The van der Waals surface area contributed by atoms with E-state index >= 15 is 0 Å². The van der Waals surface area contributed by atoms with Crippen LogP contribution >= 0.6 is 0 Å². The maximum Gasteiger partial charge on any atom is 0.369 e. The molecule has 3 nitrogen and oxygen atoms in total. The Balaban J connectivity index is 5.23. The van der Waals surface area contributed by atoms with Gasteiger partial charge in [0.1, 0.15) is 0 Å². The molecule has 0 aliphatic carbocycles. The highest BCUT2D eigenvalue weighted by Crippen LogP contribution is 2.20. The molecule has 0 aliphatic rings. The van der Waals surface area contributed by atoms with Crippen molar-refractivity contribution in [3.8, 4) is 0 Å². The summed E-state index contributed by atoms with van der Waals surface area (Å²) in [4.78, 5) is 11.3. The van der Waals surface area contributed by atoms with Crippen LogP contribution in [0, 0.1) is 0 Å². The maximum atomic E-state index is 11.3. The zero-order valence-electron chi connectivity index (χ0n) is 11.3. The largest absolute Gasteiger partial charge is 0.540 e. The van der Waals surface area contributed by atoms with E-state index in [0.29, 0.717) is 0 Å². The molecule has 5 heteroatoms. The van der Waals surface area contributed by atoms with Crippen molar-refractivity contribution in [1.82, 2.24) is 0 Å². The molecule has 1 N–H and O–H groups in total. The summed E-state index contributed by atoms with van der Waals surface area (Å²) in [6, 6.07) is 0. The van der Waals surface area contributed by atoms with Gasteiger partial charge in [0, 0.05) is 0 Å². The predicted octanol–water partition coefficient (Wildman–Crippen LogP) is 3.00. The van der Waals surface area contributed by atoms with E-state index in [1.54, 1.807) is 0 Å². The van der Waals surface area contributed by atoms with E-state index in [1.807, 2.05) is 19.6 Å². The summed E-state index contributed by atoms with van der Waals surface area (Å²) >= 11 is 0. The van der Waals surface area contributed by atoms with Crippen LogP contribution in [0.1, 0.15) is 19.8 Å². The van der Waals surface area contributed by atoms with Gasteiger partial charge in [0.05, 0.1) is 8.80 Å². The fraction of sp³-hybridized carbons (Fsp3) is 0.727. The Morgan fingerprint density at radius 2 is 1.81 bits per heavy atom. The van der Waals surface area contributed by atoms with Gasteiger partial charge in [-0.3, -0.25) is 0 Å². The van der Waals surface area contributed by atoms with Gasteiger partial charge in [-0.25, -0.2) is 4.79 Å². The summed E-state index contributed by atoms with van der Waals surface area (Å²) in [5, 5.41) is 10.3. The SMILES string of the molecule is CCC/C(=C(\O[Si](C)(C)C)C(=O)O)[SiH](C)C. The molecule has 0 atom stereocenters. The molecule has 0 saturated carbocycles. The topological polar surface area (TPSA) is 46.5 Å². The Morgan fingerprint density at radius 1 is 1.31 bits per heavy atom. The number of allylic oxidation sites excluding steroid dienone is 1. The molecule has 0 radical (unpaired) electrons. The van der Waals surface area contributed by atoms with Crippen molar-refractivity contribution in [2.24, 2.45) is 0 Å². The normalized spacial score (nSPS) is 13.7. The summed E-state index contributed by atoms with van der Waals surface area (Å²) in [6.45, 7) is 12.4. The molecule has 0 bridgehead atoms. The van der Waals surface area contributed by atoms with Gasteiger partial charge in [-0.1, -0.05) is 26.4 Å². The lowest BCUT2D eigenvalue weighted by atomic mass is 10.3. The van der Waals surface area contributed by atoms with Gasteiger partial charge in [0.15, 0.2) is 5.76 Å². The van der Waals surface area contributed by atoms with E-state index in [0.717, 1.165) is 18.0 Å². The quantitative estimate of drug-likeness (QED) is 0.454. The molecular formula is C11H24O3Si2. The number of hydrogen-bond donors (Lipinski definition) is 1. The minimum absolute atomic E-state index is 0.252. The average Bonchev–Trinajstić information content (AvgIpc) is 2.08. The fourth-order valence-corrected chi connectivity index (χ4v) is 4.01. The van der Waals surface area contributed by atoms with Gasteiger partial charge in [0.25, 0.3) is 0 Å². The molecule has 0 fully saturated rings. The first-order valence-corrected chi connectivity index (χ1v) is 12.1. The molecule has 0 spiro atoms.